The number of esters is 1. The Balaban J connectivity index is 2.40. The molecule has 1 heterocycles. The summed E-state index contributed by atoms with van der Waals surface area (Å²) >= 11 is 0.543. The standard InChI is InChI=1S/C17H26N3O8S3/c1-4-27-16(21)15(18-31(25,26)14-8-6-5-7-9-14)17(29-19-22)10-12-20(2,13-11-17)28-30(3,23)24/h5-9,15,18H,4,10-13H2,1-3H3/q+1. The van der Waals surface area contributed by atoms with Crippen LogP contribution in [0.25, 0.3) is 0 Å². The molecule has 1 N–H and O–H groups in total. The largest absolute Gasteiger partial charge is 0.465 e. The zero-order chi connectivity index (χ0) is 23.3. The molecule has 0 aromatic heterocycles. The van der Waals surface area contributed by atoms with Crippen LogP contribution < -0.4 is 4.72 Å². The predicted molar refractivity (Wildman–Crippen MR) is 114 cm³/mol. The normalized spacial score (nSPS) is 25.5. The highest BCUT2D eigenvalue weighted by molar-refractivity contribution is 7.99. The first-order valence-electron chi connectivity index (χ1n) is 9.37. The molecule has 1 aliphatic rings. The van der Waals surface area contributed by atoms with E-state index in [1.54, 1.807) is 20.0 Å². The van der Waals surface area contributed by atoms with Crippen LogP contribution in [0.5, 0.6) is 0 Å². The Morgan fingerprint density at radius 3 is 2.29 bits per heavy atom. The number of hydrogen-bond acceptors (Lipinski definition) is 10. The van der Waals surface area contributed by atoms with Gasteiger partial charge in [-0.1, -0.05) is 22.5 Å². The average Bonchev–Trinajstić information content (AvgIpc) is 2.68. The van der Waals surface area contributed by atoms with Crippen LogP contribution in [0.4, 0.5) is 0 Å². The summed E-state index contributed by atoms with van der Waals surface area (Å²) in [4.78, 5) is 24.0. The van der Waals surface area contributed by atoms with Gasteiger partial charge in [0.15, 0.2) is 0 Å². The lowest BCUT2D eigenvalue weighted by Gasteiger charge is -2.44. The highest BCUT2D eigenvalue weighted by Gasteiger charge is 2.54. The molecule has 1 atom stereocenters. The van der Waals surface area contributed by atoms with E-state index < -0.39 is 36.9 Å². The summed E-state index contributed by atoms with van der Waals surface area (Å²) in [7, 11) is -6.34. The van der Waals surface area contributed by atoms with Crippen LogP contribution in [-0.2, 0) is 34.0 Å². The van der Waals surface area contributed by atoms with Crippen molar-refractivity contribution in [2.45, 2.75) is 35.4 Å². The highest BCUT2D eigenvalue weighted by Crippen LogP contribution is 2.42. The van der Waals surface area contributed by atoms with Gasteiger partial charge in [-0.3, -0.25) is 4.79 Å². The maximum Gasteiger partial charge on any atom is 0.325 e. The van der Waals surface area contributed by atoms with Gasteiger partial charge in [-0.2, -0.15) is 17.8 Å². The lowest BCUT2D eigenvalue weighted by Crippen LogP contribution is -2.63. The average molecular weight is 497 g/mol. The molecule has 0 aliphatic carbocycles. The Morgan fingerprint density at radius 1 is 1.23 bits per heavy atom. The highest BCUT2D eigenvalue weighted by atomic mass is 32.2. The fourth-order valence-corrected chi connectivity index (χ4v) is 6.35. The van der Waals surface area contributed by atoms with Crippen LogP contribution in [0, 0.1) is 4.91 Å². The number of quaternary nitrogens is 1. The molecule has 1 unspecified atom stereocenters. The summed E-state index contributed by atoms with van der Waals surface area (Å²) in [6.07, 6.45) is 1.06. The van der Waals surface area contributed by atoms with Crippen molar-refractivity contribution in [1.29, 1.82) is 0 Å². The first-order valence-corrected chi connectivity index (χ1v) is 13.4. The molecule has 1 aliphatic heterocycles. The van der Waals surface area contributed by atoms with Crippen LogP contribution >= 0.6 is 11.9 Å². The van der Waals surface area contributed by atoms with E-state index in [1.165, 1.54) is 24.3 Å². The van der Waals surface area contributed by atoms with Gasteiger partial charge in [0.1, 0.15) is 26.2 Å². The predicted octanol–water partition coefficient (Wildman–Crippen LogP) is 1.18. The van der Waals surface area contributed by atoms with Gasteiger partial charge in [0.05, 0.1) is 22.5 Å². The first kappa shape index (κ1) is 25.7. The molecular weight excluding hydrogens is 470 g/mol. The summed E-state index contributed by atoms with van der Waals surface area (Å²) in [5.74, 6) is -0.849. The molecule has 14 heteroatoms. The van der Waals surface area contributed by atoms with Gasteiger partial charge < -0.3 is 4.74 Å². The number of hydroxylamine groups is 3. The van der Waals surface area contributed by atoms with E-state index in [4.69, 9.17) is 9.02 Å². The van der Waals surface area contributed by atoms with Crippen LogP contribution in [0.3, 0.4) is 0 Å². The first-order chi connectivity index (χ1) is 14.4. The summed E-state index contributed by atoms with van der Waals surface area (Å²) in [6, 6.07) is 6.05. The van der Waals surface area contributed by atoms with Crippen LogP contribution in [0.1, 0.15) is 19.8 Å². The molecule has 1 aromatic carbocycles. The number of piperidine rings is 1. The molecule has 11 nitrogen and oxygen atoms in total. The molecule has 1 aromatic rings. The smallest absolute Gasteiger partial charge is 0.325 e. The van der Waals surface area contributed by atoms with E-state index >= 15 is 0 Å². The van der Waals surface area contributed by atoms with E-state index in [0.29, 0.717) is 11.9 Å². The maximum absolute atomic E-state index is 12.9. The van der Waals surface area contributed by atoms with Crippen LogP contribution in [0.15, 0.2) is 39.8 Å². The monoisotopic (exact) mass is 496 g/mol. The Kier molecular flexibility index (Phi) is 8.21. The van der Waals surface area contributed by atoms with Gasteiger partial charge in [-0.15, -0.1) is 4.91 Å². The molecule has 1 fully saturated rings. The third-order valence-corrected chi connectivity index (χ3v) is 8.08. The number of carbonyl (C=O) groups is 1. The minimum absolute atomic E-state index is 0.00261. The fourth-order valence-electron chi connectivity index (χ4n) is 3.42. The number of rotatable bonds is 10. The molecule has 0 amide bonds. The van der Waals surface area contributed by atoms with E-state index in [0.717, 1.165) is 6.26 Å². The van der Waals surface area contributed by atoms with Gasteiger partial charge in [0.2, 0.25) is 10.0 Å². The second kappa shape index (κ2) is 9.92. The molecule has 0 radical (unpaired) electrons. The van der Waals surface area contributed by atoms with Gasteiger partial charge in [-0.05, 0) is 19.1 Å². The van der Waals surface area contributed by atoms with Crippen molar-refractivity contribution in [2.24, 2.45) is 4.58 Å². The minimum atomic E-state index is -4.13. The SMILES string of the molecule is CCOC(=O)C(NS(=O)(=O)c1ccccc1)C1(SN=O)CC[N+](C)(OS(C)(=O)=O)CC1. The molecule has 0 saturated carbocycles. The van der Waals surface area contributed by atoms with Crippen LogP contribution in [0.2, 0.25) is 0 Å². The zero-order valence-corrected chi connectivity index (χ0v) is 19.8. The molecular formula is C17H26N3O8S3+. The van der Waals surface area contributed by atoms with E-state index in [9.17, 15) is 26.5 Å². The quantitative estimate of drug-likeness (QED) is 0.218. The molecule has 0 bridgehead atoms. The molecule has 1 saturated heterocycles. The molecule has 2 rings (SSSR count). The van der Waals surface area contributed by atoms with E-state index in [-0.39, 0.29) is 42.1 Å². The topological polar surface area (TPSA) is 145 Å². The third-order valence-electron chi connectivity index (χ3n) is 4.93. The number of ether oxygens (including phenoxy) is 1. The lowest BCUT2D eigenvalue weighted by molar-refractivity contribution is -1.07. The number of sulfonamides is 1. The van der Waals surface area contributed by atoms with Crippen molar-refractivity contribution < 1.29 is 35.3 Å². The number of carbonyl (C=O) groups excluding carboxylic acids is 1. The van der Waals surface area contributed by atoms with Gasteiger partial charge in [0.25, 0.3) is 0 Å². The number of likely N-dealkylation sites (tertiary alicyclic amines) is 1. The van der Waals surface area contributed by atoms with Crippen LogP contribution in [-0.4, -0.2) is 71.2 Å². The van der Waals surface area contributed by atoms with Crippen molar-refractivity contribution in [2.75, 3.05) is 33.0 Å². The Hall–Kier alpha value is -1.58. The third kappa shape index (κ3) is 6.70. The summed E-state index contributed by atoms with van der Waals surface area (Å²) in [5, 5.41) is 0. The molecule has 0 spiro atoms. The Morgan fingerprint density at radius 2 is 1.81 bits per heavy atom. The van der Waals surface area contributed by atoms with Crippen molar-refractivity contribution >= 4 is 38.1 Å². The summed E-state index contributed by atoms with van der Waals surface area (Å²) < 4.78 is 62.9. The summed E-state index contributed by atoms with van der Waals surface area (Å²) in [5.41, 5.74) is 0. The zero-order valence-electron chi connectivity index (χ0n) is 17.4. The Labute approximate surface area is 186 Å². The minimum Gasteiger partial charge on any atom is -0.465 e. The van der Waals surface area contributed by atoms with E-state index in [2.05, 4.69) is 9.30 Å². The van der Waals surface area contributed by atoms with Gasteiger partial charge in [0, 0.05) is 29.4 Å². The van der Waals surface area contributed by atoms with Crippen molar-refractivity contribution in [1.82, 2.24) is 4.72 Å². The van der Waals surface area contributed by atoms with Gasteiger partial charge in [-0.25, -0.2) is 8.42 Å². The second-order valence-corrected chi connectivity index (χ2v) is 11.8. The second-order valence-electron chi connectivity index (χ2n) is 7.37. The van der Waals surface area contributed by atoms with E-state index in [1.807, 2.05) is 0 Å². The number of nitroso groups, excluding NO2 is 1. The molecule has 31 heavy (non-hydrogen) atoms. The number of benzene rings is 1. The number of nitrogens with one attached hydrogen (secondary N) is 1. The van der Waals surface area contributed by atoms with Crippen molar-refractivity contribution in [3.8, 4) is 0 Å². The van der Waals surface area contributed by atoms with Crippen molar-refractivity contribution in [3.63, 3.8) is 0 Å². The lowest BCUT2D eigenvalue weighted by atomic mass is 9.88. The number of hydrogen-bond donors (Lipinski definition) is 1. The number of nitrogens with zero attached hydrogens (tertiary/aromatic N) is 2. The van der Waals surface area contributed by atoms with Crippen molar-refractivity contribution in [3.05, 3.63) is 35.2 Å². The maximum atomic E-state index is 12.9. The Bertz CT molecular complexity index is 991. The van der Waals surface area contributed by atoms with Gasteiger partial charge >= 0.3 is 16.1 Å². The summed E-state index contributed by atoms with van der Waals surface area (Å²) in [6.45, 7) is 1.77. The fraction of sp³-hybridized carbons (Fsp3) is 0.588. The molecule has 174 valence electrons.